The van der Waals surface area contributed by atoms with Gasteiger partial charge in [0, 0.05) is 31.2 Å². The monoisotopic (exact) mass is 474 g/mol. The Kier molecular flexibility index (Phi) is 7.85. The molecule has 1 unspecified atom stereocenters. The number of aromatic nitrogens is 2. The quantitative estimate of drug-likeness (QED) is 0.445. The molecule has 0 aliphatic heterocycles. The normalized spacial score (nSPS) is 13.9. The van der Waals surface area contributed by atoms with E-state index in [9.17, 15) is 9.59 Å². The first-order valence-electron chi connectivity index (χ1n) is 12.3. The Balaban J connectivity index is 1.54. The van der Waals surface area contributed by atoms with E-state index in [1.807, 2.05) is 65.4 Å². The number of carbonyl (C=O) groups is 2. The van der Waals surface area contributed by atoms with Gasteiger partial charge in [-0.15, -0.1) is 0 Å². The number of nitrogens with zero attached hydrogens (tertiary/aromatic N) is 3. The number of hydrogen-bond donors (Lipinski definition) is 1. The average Bonchev–Trinajstić information content (AvgIpc) is 3.60. The lowest BCUT2D eigenvalue weighted by Crippen LogP contribution is -2.45. The topological polar surface area (TPSA) is 76.5 Å². The molecule has 0 bridgehead atoms. The highest BCUT2D eigenvalue weighted by molar-refractivity contribution is 5.88. The number of methoxy groups -OCH3 is 1. The van der Waals surface area contributed by atoms with E-state index in [4.69, 9.17) is 4.74 Å². The molecule has 3 aromatic rings. The van der Waals surface area contributed by atoms with Gasteiger partial charge in [0.05, 0.1) is 19.1 Å². The Morgan fingerprint density at radius 2 is 1.80 bits per heavy atom. The van der Waals surface area contributed by atoms with Crippen LogP contribution in [0.5, 0.6) is 5.75 Å². The minimum absolute atomic E-state index is 0.0257. The van der Waals surface area contributed by atoms with Gasteiger partial charge < -0.3 is 19.5 Å². The van der Waals surface area contributed by atoms with E-state index >= 15 is 0 Å². The summed E-state index contributed by atoms with van der Waals surface area (Å²) in [5, 5.41) is 3.04. The fourth-order valence-electron chi connectivity index (χ4n) is 4.14. The summed E-state index contributed by atoms with van der Waals surface area (Å²) in [6.07, 6.45) is 6.37. The SMILES string of the molecule is COc1ccc(CCC(=O)N(C2CC2)C(C(=O)NCc2ccccc2)c2cn(C(C)C)cn2)cc1. The van der Waals surface area contributed by atoms with Crippen LogP contribution in [0.1, 0.15) is 62.0 Å². The lowest BCUT2D eigenvalue weighted by atomic mass is 10.1. The summed E-state index contributed by atoms with van der Waals surface area (Å²) in [6, 6.07) is 17.1. The van der Waals surface area contributed by atoms with E-state index in [2.05, 4.69) is 24.1 Å². The Labute approximate surface area is 207 Å². The van der Waals surface area contributed by atoms with Crippen LogP contribution in [-0.2, 0) is 22.6 Å². The maximum absolute atomic E-state index is 13.6. The first kappa shape index (κ1) is 24.5. The molecule has 2 amide bonds. The second-order valence-electron chi connectivity index (χ2n) is 9.33. The van der Waals surface area contributed by atoms with Crippen molar-refractivity contribution < 1.29 is 14.3 Å². The van der Waals surface area contributed by atoms with Crippen LogP contribution < -0.4 is 10.1 Å². The molecule has 1 aromatic heterocycles. The molecule has 1 aliphatic carbocycles. The summed E-state index contributed by atoms with van der Waals surface area (Å²) >= 11 is 0. The third kappa shape index (κ3) is 6.29. The minimum Gasteiger partial charge on any atom is -0.497 e. The van der Waals surface area contributed by atoms with Crippen LogP contribution >= 0.6 is 0 Å². The zero-order valence-electron chi connectivity index (χ0n) is 20.7. The number of rotatable bonds is 11. The molecule has 0 radical (unpaired) electrons. The summed E-state index contributed by atoms with van der Waals surface area (Å²) in [6.45, 7) is 4.53. The molecular formula is C28H34N4O3. The Hall–Kier alpha value is -3.61. The number of benzene rings is 2. The van der Waals surface area contributed by atoms with E-state index in [0.717, 1.165) is 29.7 Å². The van der Waals surface area contributed by atoms with E-state index in [0.29, 0.717) is 25.1 Å². The van der Waals surface area contributed by atoms with Crippen molar-refractivity contribution >= 4 is 11.8 Å². The predicted molar refractivity (Wildman–Crippen MR) is 135 cm³/mol. The minimum atomic E-state index is -0.755. The van der Waals surface area contributed by atoms with Crippen molar-refractivity contribution in [1.82, 2.24) is 19.8 Å². The average molecular weight is 475 g/mol. The molecule has 35 heavy (non-hydrogen) atoms. The maximum Gasteiger partial charge on any atom is 0.249 e. The molecule has 2 aromatic carbocycles. The van der Waals surface area contributed by atoms with Gasteiger partial charge in [-0.3, -0.25) is 9.59 Å². The molecule has 1 atom stereocenters. The van der Waals surface area contributed by atoms with E-state index < -0.39 is 6.04 Å². The second kappa shape index (κ2) is 11.2. The third-order valence-electron chi connectivity index (χ3n) is 6.35. The van der Waals surface area contributed by atoms with Crippen LogP contribution in [0.25, 0.3) is 0 Å². The molecule has 7 heteroatoms. The summed E-state index contributed by atoms with van der Waals surface area (Å²) in [7, 11) is 1.63. The number of amides is 2. The molecule has 1 saturated carbocycles. The molecule has 4 rings (SSSR count). The van der Waals surface area contributed by atoms with Crippen LogP contribution in [0, 0.1) is 0 Å². The van der Waals surface area contributed by atoms with Crippen molar-refractivity contribution in [2.24, 2.45) is 0 Å². The highest BCUT2D eigenvalue weighted by Crippen LogP contribution is 2.35. The standard InChI is InChI=1S/C28H34N4O3/c1-20(2)31-18-25(30-19-31)27(28(34)29-17-22-7-5-4-6-8-22)32(23-12-13-23)26(33)16-11-21-9-14-24(35-3)15-10-21/h4-10,14-15,18-20,23,27H,11-13,16-17H2,1-3H3,(H,29,34). The van der Waals surface area contributed by atoms with Crippen LogP contribution in [0.4, 0.5) is 0 Å². The fraction of sp³-hybridized carbons (Fsp3) is 0.393. The lowest BCUT2D eigenvalue weighted by molar-refractivity contribution is -0.141. The van der Waals surface area contributed by atoms with Crippen molar-refractivity contribution in [3.05, 3.63) is 83.9 Å². The lowest BCUT2D eigenvalue weighted by Gasteiger charge is -2.30. The number of aryl methyl sites for hydroxylation is 1. The second-order valence-corrected chi connectivity index (χ2v) is 9.33. The van der Waals surface area contributed by atoms with Gasteiger partial charge >= 0.3 is 0 Å². The van der Waals surface area contributed by atoms with Gasteiger partial charge in [0.25, 0.3) is 0 Å². The zero-order valence-corrected chi connectivity index (χ0v) is 20.7. The van der Waals surface area contributed by atoms with Crippen molar-refractivity contribution in [3.63, 3.8) is 0 Å². The molecule has 1 fully saturated rings. The number of ether oxygens (including phenoxy) is 1. The summed E-state index contributed by atoms with van der Waals surface area (Å²) in [5.41, 5.74) is 2.68. The van der Waals surface area contributed by atoms with Crippen LogP contribution in [0.2, 0.25) is 0 Å². The highest BCUT2D eigenvalue weighted by Gasteiger charge is 2.42. The molecule has 0 saturated heterocycles. The van der Waals surface area contributed by atoms with E-state index in [1.165, 1.54) is 0 Å². The van der Waals surface area contributed by atoms with Gasteiger partial charge in [0.15, 0.2) is 6.04 Å². The van der Waals surface area contributed by atoms with Crippen LogP contribution in [0.15, 0.2) is 67.1 Å². The summed E-state index contributed by atoms with van der Waals surface area (Å²) in [5.74, 6) is 0.561. The first-order valence-corrected chi connectivity index (χ1v) is 12.3. The van der Waals surface area contributed by atoms with Gasteiger partial charge in [-0.25, -0.2) is 4.98 Å². The molecule has 1 heterocycles. The van der Waals surface area contributed by atoms with E-state index in [1.54, 1.807) is 18.3 Å². The Bertz CT molecular complexity index is 1120. The number of imidazole rings is 1. The van der Waals surface area contributed by atoms with Gasteiger partial charge in [0.2, 0.25) is 11.8 Å². The van der Waals surface area contributed by atoms with E-state index in [-0.39, 0.29) is 23.9 Å². The number of carbonyl (C=O) groups excluding carboxylic acids is 2. The van der Waals surface area contributed by atoms with Crippen molar-refractivity contribution in [3.8, 4) is 5.75 Å². The van der Waals surface area contributed by atoms with Gasteiger partial charge in [-0.05, 0) is 56.4 Å². The number of nitrogens with one attached hydrogen (secondary N) is 1. The molecule has 7 nitrogen and oxygen atoms in total. The molecule has 1 aliphatic rings. The Morgan fingerprint density at radius 3 is 2.40 bits per heavy atom. The van der Waals surface area contributed by atoms with Crippen molar-refractivity contribution in [1.29, 1.82) is 0 Å². The fourth-order valence-corrected chi connectivity index (χ4v) is 4.14. The highest BCUT2D eigenvalue weighted by atomic mass is 16.5. The zero-order chi connectivity index (χ0) is 24.8. The van der Waals surface area contributed by atoms with Crippen molar-refractivity contribution in [2.75, 3.05) is 7.11 Å². The van der Waals surface area contributed by atoms with Gasteiger partial charge in [-0.1, -0.05) is 42.5 Å². The summed E-state index contributed by atoms with van der Waals surface area (Å²) < 4.78 is 7.20. The van der Waals surface area contributed by atoms with Crippen LogP contribution in [0.3, 0.4) is 0 Å². The molecule has 184 valence electrons. The first-order chi connectivity index (χ1) is 17.0. The molecule has 0 spiro atoms. The predicted octanol–water partition coefficient (Wildman–Crippen LogP) is 4.45. The summed E-state index contributed by atoms with van der Waals surface area (Å²) in [4.78, 5) is 33.4. The third-order valence-corrected chi connectivity index (χ3v) is 6.35. The molecular weight excluding hydrogens is 440 g/mol. The maximum atomic E-state index is 13.6. The smallest absolute Gasteiger partial charge is 0.249 e. The number of hydrogen-bond acceptors (Lipinski definition) is 4. The largest absolute Gasteiger partial charge is 0.497 e. The van der Waals surface area contributed by atoms with Crippen molar-refractivity contribution in [2.45, 2.75) is 64.2 Å². The van der Waals surface area contributed by atoms with Gasteiger partial charge in [0.1, 0.15) is 5.75 Å². The Morgan fingerprint density at radius 1 is 1.09 bits per heavy atom. The van der Waals surface area contributed by atoms with Crippen LogP contribution in [-0.4, -0.2) is 39.4 Å². The molecule has 1 N–H and O–H groups in total. The van der Waals surface area contributed by atoms with Gasteiger partial charge in [-0.2, -0.15) is 0 Å².